The van der Waals surface area contributed by atoms with Crippen LogP contribution in [0.25, 0.3) is 0 Å². The first-order chi connectivity index (χ1) is 12.6. The molecular weight excluding hydrogens is 409 g/mol. The van der Waals surface area contributed by atoms with Crippen LogP contribution < -0.4 is 4.74 Å². The molecule has 0 aliphatic carbocycles. The molecule has 2 aromatic rings. The van der Waals surface area contributed by atoms with Crippen molar-refractivity contribution >= 4 is 40.9 Å². The zero-order valence-corrected chi connectivity index (χ0v) is 18.0. The summed E-state index contributed by atoms with van der Waals surface area (Å²) >= 11 is 18.0. The van der Waals surface area contributed by atoms with Crippen molar-refractivity contribution in [2.75, 3.05) is 7.05 Å². The molecule has 0 fully saturated rings. The highest BCUT2D eigenvalue weighted by Gasteiger charge is 2.21. The minimum absolute atomic E-state index is 0.302. The van der Waals surface area contributed by atoms with Gasteiger partial charge < -0.3 is 14.4 Å². The van der Waals surface area contributed by atoms with Crippen LogP contribution in [-0.4, -0.2) is 23.6 Å². The molecule has 0 bridgehead atoms. The van der Waals surface area contributed by atoms with Crippen LogP contribution in [0.2, 0.25) is 10.0 Å². The van der Waals surface area contributed by atoms with E-state index in [0.29, 0.717) is 34.0 Å². The predicted molar refractivity (Wildman–Crippen MR) is 110 cm³/mol. The molecule has 0 saturated heterocycles. The largest absolute Gasteiger partial charge is 0.457 e. The molecule has 0 aliphatic heterocycles. The normalized spacial score (nSPS) is 11.2. The van der Waals surface area contributed by atoms with Gasteiger partial charge >= 0.3 is 6.09 Å². The lowest BCUT2D eigenvalue weighted by Gasteiger charge is -2.25. The molecule has 4 nitrogen and oxygen atoms in total. The van der Waals surface area contributed by atoms with E-state index < -0.39 is 11.7 Å². The molecular formula is C20H22Cl3NO3. The lowest BCUT2D eigenvalue weighted by molar-refractivity contribution is 0.0284. The molecule has 0 spiro atoms. The molecule has 2 aromatic carbocycles. The van der Waals surface area contributed by atoms with Gasteiger partial charge in [-0.15, -0.1) is 11.6 Å². The Balaban J connectivity index is 2.25. The molecule has 0 radical (unpaired) electrons. The highest BCUT2D eigenvalue weighted by Crippen LogP contribution is 2.32. The maximum Gasteiger partial charge on any atom is 0.410 e. The van der Waals surface area contributed by atoms with E-state index in [4.69, 9.17) is 44.3 Å². The van der Waals surface area contributed by atoms with E-state index in [9.17, 15) is 4.79 Å². The monoisotopic (exact) mass is 429 g/mol. The average molecular weight is 431 g/mol. The van der Waals surface area contributed by atoms with Crippen LogP contribution in [0.15, 0.2) is 36.4 Å². The fraction of sp³-hybridized carbons (Fsp3) is 0.350. The molecule has 27 heavy (non-hydrogen) atoms. The van der Waals surface area contributed by atoms with Crippen molar-refractivity contribution in [3.63, 3.8) is 0 Å². The number of carbonyl (C=O) groups excluding carboxylic acids is 1. The van der Waals surface area contributed by atoms with E-state index in [2.05, 4.69) is 0 Å². The maximum atomic E-state index is 12.3. The Kier molecular flexibility index (Phi) is 7.26. The zero-order valence-electron chi connectivity index (χ0n) is 15.7. The average Bonchev–Trinajstić information content (AvgIpc) is 2.58. The number of nitrogens with zero attached hydrogens (tertiary/aromatic N) is 1. The van der Waals surface area contributed by atoms with Crippen LogP contribution in [0.5, 0.6) is 11.5 Å². The second-order valence-electron chi connectivity index (χ2n) is 7.09. The van der Waals surface area contributed by atoms with Gasteiger partial charge in [-0.2, -0.15) is 0 Å². The van der Waals surface area contributed by atoms with Gasteiger partial charge in [-0.25, -0.2) is 4.79 Å². The summed E-state index contributed by atoms with van der Waals surface area (Å²) in [4.78, 5) is 13.8. The molecule has 1 amide bonds. The predicted octanol–water partition coefficient (Wildman–Crippen LogP) is 6.89. The molecule has 0 saturated carbocycles. The number of alkyl halides is 1. The first-order valence-corrected chi connectivity index (χ1v) is 9.63. The quantitative estimate of drug-likeness (QED) is 0.485. The van der Waals surface area contributed by atoms with Gasteiger partial charge in [0.1, 0.15) is 17.1 Å². The van der Waals surface area contributed by atoms with Crippen molar-refractivity contribution in [3.8, 4) is 11.5 Å². The zero-order chi connectivity index (χ0) is 20.2. The first kappa shape index (κ1) is 21.7. The number of ether oxygens (including phenoxy) is 2. The SMILES string of the molecule is CN(Cc1cc(CCl)ccc1Oc1ccc(Cl)c(Cl)c1)C(=O)OC(C)(C)C. The Morgan fingerprint density at radius 1 is 1.07 bits per heavy atom. The highest BCUT2D eigenvalue weighted by atomic mass is 35.5. The third-order valence-corrected chi connectivity index (χ3v) is 4.56. The summed E-state index contributed by atoms with van der Waals surface area (Å²) in [5.41, 5.74) is 1.15. The van der Waals surface area contributed by atoms with E-state index in [-0.39, 0.29) is 0 Å². The summed E-state index contributed by atoms with van der Waals surface area (Å²) in [5, 5.41) is 0.852. The number of hydrogen-bond donors (Lipinski definition) is 0. The summed E-state index contributed by atoms with van der Waals surface area (Å²) in [7, 11) is 1.67. The minimum Gasteiger partial charge on any atom is -0.457 e. The molecule has 2 rings (SSSR count). The summed E-state index contributed by atoms with van der Waals surface area (Å²) < 4.78 is 11.4. The molecule has 0 unspecified atom stereocenters. The van der Waals surface area contributed by atoms with Crippen molar-refractivity contribution < 1.29 is 14.3 Å². The fourth-order valence-electron chi connectivity index (χ4n) is 2.27. The number of benzene rings is 2. The molecule has 0 N–H and O–H groups in total. The second-order valence-corrected chi connectivity index (χ2v) is 8.17. The summed E-state index contributed by atoms with van der Waals surface area (Å²) in [6.45, 7) is 5.78. The Labute approximate surface area is 174 Å². The van der Waals surface area contributed by atoms with E-state index >= 15 is 0 Å². The van der Waals surface area contributed by atoms with Gasteiger partial charge in [-0.1, -0.05) is 29.3 Å². The maximum absolute atomic E-state index is 12.3. The molecule has 0 atom stereocenters. The Hall–Kier alpha value is -1.62. The van der Waals surface area contributed by atoms with Gasteiger partial charge in [-0.3, -0.25) is 0 Å². The lowest BCUT2D eigenvalue weighted by atomic mass is 10.1. The highest BCUT2D eigenvalue weighted by molar-refractivity contribution is 6.42. The van der Waals surface area contributed by atoms with E-state index in [0.717, 1.165) is 11.1 Å². The smallest absolute Gasteiger partial charge is 0.410 e. The van der Waals surface area contributed by atoms with Crippen LogP contribution in [0, 0.1) is 0 Å². The molecule has 146 valence electrons. The molecule has 7 heteroatoms. The van der Waals surface area contributed by atoms with E-state index in [1.165, 1.54) is 4.90 Å². The van der Waals surface area contributed by atoms with Gasteiger partial charge in [0.25, 0.3) is 0 Å². The minimum atomic E-state index is -0.567. The number of halogens is 3. The van der Waals surface area contributed by atoms with Crippen molar-refractivity contribution in [1.82, 2.24) is 4.90 Å². The van der Waals surface area contributed by atoms with Crippen LogP contribution in [0.1, 0.15) is 31.9 Å². The Morgan fingerprint density at radius 3 is 2.37 bits per heavy atom. The van der Waals surface area contributed by atoms with Crippen molar-refractivity contribution in [3.05, 3.63) is 57.6 Å². The van der Waals surface area contributed by atoms with E-state index in [1.54, 1.807) is 25.2 Å². The fourth-order valence-corrected chi connectivity index (χ4v) is 2.72. The van der Waals surface area contributed by atoms with Gasteiger partial charge in [0, 0.05) is 24.6 Å². The third kappa shape index (κ3) is 6.49. The van der Waals surface area contributed by atoms with Crippen LogP contribution in [0.3, 0.4) is 0 Å². The summed E-state index contributed by atoms with van der Waals surface area (Å²) in [5.74, 6) is 1.50. The summed E-state index contributed by atoms with van der Waals surface area (Å²) in [6.07, 6.45) is -0.417. The van der Waals surface area contributed by atoms with Gasteiger partial charge in [0.15, 0.2) is 0 Å². The van der Waals surface area contributed by atoms with Crippen LogP contribution in [-0.2, 0) is 17.2 Å². The molecule has 0 heterocycles. The number of rotatable bonds is 5. The number of carbonyl (C=O) groups is 1. The van der Waals surface area contributed by atoms with Crippen molar-refractivity contribution in [2.24, 2.45) is 0 Å². The number of amides is 1. The first-order valence-electron chi connectivity index (χ1n) is 8.34. The van der Waals surface area contributed by atoms with Crippen LogP contribution in [0.4, 0.5) is 4.79 Å². The lowest BCUT2D eigenvalue weighted by Crippen LogP contribution is -2.33. The van der Waals surface area contributed by atoms with Gasteiger partial charge in [0.2, 0.25) is 0 Å². The van der Waals surface area contributed by atoms with E-state index in [1.807, 2.05) is 39.0 Å². The molecule has 0 aromatic heterocycles. The van der Waals surface area contributed by atoms with Crippen molar-refractivity contribution in [2.45, 2.75) is 38.8 Å². The second kappa shape index (κ2) is 9.05. The Morgan fingerprint density at radius 2 is 1.78 bits per heavy atom. The van der Waals surface area contributed by atoms with Gasteiger partial charge in [-0.05, 0) is 50.6 Å². The van der Waals surface area contributed by atoms with Crippen LogP contribution >= 0.6 is 34.8 Å². The molecule has 0 aliphatic rings. The standard InChI is InChI=1S/C20H22Cl3NO3/c1-20(2,3)27-19(25)24(4)12-14-9-13(11-21)5-8-18(14)26-15-6-7-16(22)17(23)10-15/h5-10H,11-12H2,1-4H3. The number of hydrogen-bond acceptors (Lipinski definition) is 3. The topological polar surface area (TPSA) is 38.8 Å². The van der Waals surface area contributed by atoms with Crippen molar-refractivity contribution in [1.29, 1.82) is 0 Å². The third-order valence-electron chi connectivity index (χ3n) is 3.51. The summed E-state index contributed by atoms with van der Waals surface area (Å²) in [6, 6.07) is 10.6. The Bertz CT molecular complexity index is 819. The van der Waals surface area contributed by atoms with Gasteiger partial charge in [0.05, 0.1) is 16.6 Å².